The highest BCUT2D eigenvalue weighted by Gasteiger charge is 2.14. The minimum atomic E-state index is -3.74. The van der Waals surface area contributed by atoms with E-state index >= 15 is 0 Å². The van der Waals surface area contributed by atoms with Crippen molar-refractivity contribution in [3.8, 4) is 5.75 Å². The van der Waals surface area contributed by atoms with Crippen LogP contribution in [0.25, 0.3) is 0 Å². The number of methoxy groups -OCH3 is 1. The standard InChI is InChI=1S/C16H18N2O6S/c1-24-15(20)10-13-14(19)7-9-18(16(13)21)8-6-11-2-4-12(5-3-11)25(17,22)23/h2-5,7,9,19H,6,8,10H2,1H3,(H2,17,22,23). The van der Waals surface area contributed by atoms with Gasteiger partial charge in [-0.15, -0.1) is 0 Å². The Hall–Kier alpha value is -2.65. The second-order valence-corrected chi connectivity index (χ2v) is 6.93. The van der Waals surface area contributed by atoms with Crippen LogP contribution < -0.4 is 10.7 Å². The van der Waals surface area contributed by atoms with Crippen molar-refractivity contribution >= 4 is 16.0 Å². The molecule has 0 aliphatic carbocycles. The number of primary sulfonamides is 1. The lowest BCUT2D eigenvalue weighted by atomic mass is 10.1. The van der Waals surface area contributed by atoms with E-state index < -0.39 is 21.6 Å². The molecule has 3 N–H and O–H groups in total. The topological polar surface area (TPSA) is 129 Å². The molecule has 0 spiro atoms. The molecule has 1 aromatic carbocycles. The lowest BCUT2D eigenvalue weighted by Crippen LogP contribution is -2.26. The fraction of sp³-hybridized carbons (Fsp3) is 0.250. The van der Waals surface area contributed by atoms with Gasteiger partial charge < -0.3 is 14.4 Å². The molecular formula is C16H18N2O6S. The monoisotopic (exact) mass is 366 g/mol. The highest BCUT2D eigenvalue weighted by molar-refractivity contribution is 7.89. The molecule has 1 aromatic heterocycles. The fourth-order valence-corrected chi connectivity index (χ4v) is 2.78. The van der Waals surface area contributed by atoms with Crippen LogP contribution in [-0.2, 0) is 38.9 Å². The molecule has 0 saturated heterocycles. The van der Waals surface area contributed by atoms with Gasteiger partial charge in [-0.1, -0.05) is 12.1 Å². The third-order valence-corrected chi connectivity index (χ3v) is 4.61. The van der Waals surface area contributed by atoms with E-state index in [1.165, 1.54) is 36.1 Å². The van der Waals surface area contributed by atoms with Crippen molar-refractivity contribution in [1.29, 1.82) is 0 Å². The van der Waals surface area contributed by atoms with E-state index in [1.807, 2.05) is 0 Å². The van der Waals surface area contributed by atoms with Crippen LogP contribution in [0.15, 0.2) is 46.2 Å². The fourth-order valence-electron chi connectivity index (χ4n) is 2.27. The van der Waals surface area contributed by atoms with Gasteiger partial charge in [0.1, 0.15) is 5.75 Å². The van der Waals surface area contributed by atoms with Crippen molar-refractivity contribution in [2.24, 2.45) is 5.14 Å². The maximum Gasteiger partial charge on any atom is 0.310 e. The van der Waals surface area contributed by atoms with Gasteiger partial charge in [-0.3, -0.25) is 9.59 Å². The number of pyridine rings is 1. The highest BCUT2D eigenvalue weighted by Crippen LogP contribution is 2.14. The molecule has 0 aliphatic heterocycles. The van der Waals surface area contributed by atoms with Gasteiger partial charge in [-0.25, -0.2) is 13.6 Å². The summed E-state index contributed by atoms with van der Waals surface area (Å²) in [4.78, 5) is 23.7. The SMILES string of the molecule is COC(=O)Cc1c(O)ccn(CCc2ccc(S(N)(=O)=O)cc2)c1=O. The Morgan fingerprint density at radius 3 is 2.44 bits per heavy atom. The molecule has 1 heterocycles. The summed E-state index contributed by atoms with van der Waals surface area (Å²) in [5, 5.41) is 14.8. The number of nitrogens with zero attached hydrogens (tertiary/aromatic N) is 1. The summed E-state index contributed by atoms with van der Waals surface area (Å²) in [6.45, 7) is 0.294. The molecule has 2 rings (SSSR count). The Balaban J connectivity index is 2.17. The van der Waals surface area contributed by atoms with Crippen molar-refractivity contribution in [3.63, 3.8) is 0 Å². The summed E-state index contributed by atoms with van der Waals surface area (Å²) in [5.41, 5.74) is 0.298. The first-order chi connectivity index (χ1) is 11.7. The van der Waals surface area contributed by atoms with Crippen molar-refractivity contribution in [1.82, 2.24) is 4.57 Å². The number of esters is 1. The van der Waals surface area contributed by atoms with Gasteiger partial charge in [0.2, 0.25) is 10.0 Å². The van der Waals surface area contributed by atoms with Crippen molar-refractivity contribution in [3.05, 3.63) is 58.0 Å². The average Bonchev–Trinajstić information content (AvgIpc) is 2.57. The number of rotatable bonds is 6. The Morgan fingerprint density at radius 1 is 1.24 bits per heavy atom. The Morgan fingerprint density at radius 2 is 1.88 bits per heavy atom. The lowest BCUT2D eigenvalue weighted by molar-refractivity contribution is -0.139. The van der Waals surface area contributed by atoms with Crippen LogP contribution in [0.1, 0.15) is 11.1 Å². The number of hydrogen-bond acceptors (Lipinski definition) is 6. The zero-order valence-electron chi connectivity index (χ0n) is 13.5. The number of ether oxygens (including phenoxy) is 1. The van der Waals surface area contributed by atoms with Crippen LogP contribution >= 0.6 is 0 Å². The first kappa shape index (κ1) is 18.7. The first-order valence-electron chi connectivity index (χ1n) is 7.32. The van der Waals surface area contributed by atoms with E-state index in [2.05, 4.69) is 4.74 Å². The minimum Gasteiger partial charge on any atom is -0.507 e. The predicted octanol–water partition coefficient (Wildman–Crippen LogP) is 0.160. The van der Waals surface area contributed by atoms with E-state index in [9.17, 15) is 23.1 Å². The van der Waals surface area contributed by atoms with Gasteiger partial charge >= 0.3 is 5.97 Å². The summed E-state index contributed by atoms with van der Waals surface area (Å²) in [7, 11) is -2.54. The Labute approximate surface area is 144 Å². The van der Waals surface area contributed by atoms with Crippen molar-refractivity contribution in [2.75, 3.05) is 7.11 Å². The summed E-state index contributed by atoms with van der Waals surface area (Å²) >= 11 is 0. The maximum atomic E-state index is 12.3. The van der Waals surface area contributed by atoms with E-state index in [4.69, 9.17) is 5.14 Å². The summed E-state index contributed by atoms with van der Waals surface area (Å²) in [5.74, 6) is -0.882. The van der Waals surface area contributed by atoms with Crippen LogP contribution in [0.2, 0.25) is 0 Å². The zero-order valence-corrected chi connectivity index (χ0v) is 14.3. The van der Waals surface area contributed by atoms with E-state index in [1.54, 1.807) is 12.1 Å². The molecule has 134 valence electrons. The van der Waals surface area contributed by atoms with Crippen molar-refractivity contribution < 1.29 is 23.1 Å². The van der Waals surface area contributed by atoms with Crippen LogP contribution in [0.4, 0.5) is 0 Å². The number of benzene rings is 1. The third kappa shape index (κ3) is 4.68. The number of carbonyl (C=O) groups is 1. The second-order valence-electron chi connectivity index (χ2n) is 5.37. The van der Waals surface area contributed by atoms with Gasteiger partial charge in [0, 0.05) is 12.7 Å². The van der Waals surface area contributed by atoms with Crippen LogP contribution in [0, 0.1) is 0 Å². The van der Waals surface area contributed by atoms with Crippen molar-refractivity contribution in [2.45, 2.75) is 24.3 Å². The number of aromatic hydroxyl groups is 1. The van der Waals surface area contributed by atoms with Gasteiger partial charge in [0.05, 0.1) is 24.0 Å². The molecule has 0 aliphatic rings. The van der Waals surface area contributed by atoms with E-state index in [0.29, 0.717) is 13.0 Å². The summed E-state index contributed by atoms with van der Waals surface area (Å²) in [6, 6.07) is 7.35. The molecule has 2 aromatic rings. The molecule has 0 amide bonds. The number of nitrogens with two attached hydrogens (primary N) is 1. The average molecular weight is 366 g/mol. The maximum absolute atomic E-state index is 12.3. The second kappa shape index (κ2) is 7.49. The van der Waals surface area contributed by atoms with Gasteiger partial charge in [-0.05, 0) is 30.2 Å². The lowest BCUT2D eigenvalue weighted by Gasteiger charge is -2.10. The molecule has 8 nitrogen and oxygen atoms in total. The molecule has 0 bridgehead atoms. The zero-order chi connectivity index (χ0) is 18.6. The predicted molar refractivity (Wildman–Crippen MR) is 89.6 cm³/mol. The highest BCUT2D eigenvalue weighted by atomic mass is 32.2. The number of aryl methyl sites for hydroxylation is 2. The normalized spacial score (nSPS) is 11.3. The molecule has 9 heteroatoms. The number of hydrogen-bond donors (Lipinski definition) is 2. The summed E-state index contributed by atoms with van der Waals surface area (Å²) in [6.07, 6.45) is 1.56. The minimum absolute atomic E-state index is 0.0124. The van der Waals surface area contributed by atoms with Crippen LogP contribution in [0.3, 0.4) is 0 Å². The molecule has 0 radical (unpaired) electrons. The quantitative estimate of drug-likeness (QED) is 0.701. The third-order valence-electron chi connectivity index (χ3n) is 3.68. The van der Waals surface area contributed by atoms with E-state index in [0.717, 1.165) is 5.56 Å². The smallest absolute Gasteiger partial charge is 0.310 e. The number of aromatic nitrogens is 1. The molecular weight excluding hydrogens is 348 g/mol. The number of carbonyl (C=O) groups excluding carboxylic acids is 1. The molecule has 25 heavy (non-hydrogen) atoms. The summed E-state index contributed by atoms with van der Waals surface area (Å²) < 4.78 is 28.3. The van der Waals surface area contributed by atoms with Gasteiger partial charge in [-0.2, -0.15) is 0 Å². The van der Waals surface area contributed by atoms with Crippen LogP contribution in [-0.4, -0.2) is 31.2 Å². The Bertz CT molecular complexity index is 932. The van der Waals surface area contributed by atoms with Gasteiger partial charge in [0.25, 0.3) is 5.56 Å². The molecule has 0 atom stereocenters. The molecule has 0 unspecified atom stereocenters. The van der Waals surface area contributed by atoms with Gasteiger partial charge in [0.15, 0.2) is 0 Å². The first-order valence-corrected chi connectivity index (χ1v) is 8.87. The molecule has 0 saturated carbocycles. The van der Waals surface area contributed by atoms with Crippen LogP contribution in [0.5, 0.6) is 5.75 Å². The largest absolute Gasteiger partial charge is 0.507 e. The molecule has 0 fully saturated rings. The number of sulfonamides is 1. The Kier molecular flexibility index (Phi) is 5.60. The van der Waals surface area contributed by atoms with E-state index in [-0.39, 0.29) is 22.6 Å².